The van der Waals surface area contributed by atoms with Gasteiger partial charge in [-0.05, 0) is 25.1 Å². The molecular weight excluding hydrogens is 231 g/mol. The normalized spacial score (nSPS) is 24.0. The third kappa shape index (κ3) is 1.95. The molecule has 1 unspecified atom stereocenters. The van der Waals surface area contributed by atoms with Gasteiger partial charge in [-0.15, -0.1) is 0 Å². The molecule has 0 amide bonds. The molecule has 5 heteroatoms. The van der Waals surface area contributed by atoms with E-state index in [1.165, 1.54) is 0 Å². The molecule has 0 spiro atoms. The Morgan fingerprint density at radius 1 is 1.29 bits per heavy atom. The first-order chi connectivity index (χ1) is 7.96. The molecule has 1 aliphatic heterocycles. The number of rotatable bonds is 2. The fraction of sp³-hybridized carbons (Fsp3) is 0.417. The molecule has 1 saturated heterocycles. The number of ketones is 1. The van der Waals surface area contributed by atoms with Crippen LogP contribution in [-0.2, 0) is 0 Å². The third-order valence-corrected chi connectivity index (χ3v) is 3.20. The first kappa shape index (κ1) is 12.1. The van der Waals surface area contributed by atoms with Crippen LogP contribution in [0.2, 0.25) is 0 Å². The summed E-state index contributed by atoms with van der Waals surface area (Å²) < 4.78 is 39.3. The summed E-state index contributed by atoms with van der Waals surface area (Å²) >= 11 is 0. The number of benzene rings is 1. The van der Waals surface area contributed by atoms with E-state index in [9.17, 15) is 18.0 Å². The number of carbonyl (C=O) groups excluding carboxylic acids is 1. The Morgan fingerprint density at radius 2 is 2.00 bits per heavy atom. The Kier molecular flexibility index (Phi) is 2.95. The molecule has 1 aromatic carbocycles. The minimum Gasteiger partial charge on any atom is -0.316 e. The monoisotopic (exact) mass is 243 g/mol. The van der Waals surface area contributed by atoms with Crippen molar-refractivity contribution in [3.05, 3.63) is 35.1 Å². The van der Waals surface area contributed by atoms with Crippen LogP contribution in [0.25, 0.3) is 0 Å². The van der Waals surface area contributed by atoms with Gasteiger partial charge in [-0.3, -0.25) is 4.79 Å². The number of hydrogen-bond acceptors (Lipinski definition) is 2. The Bertz CT molecular complexity index is 467. The summed E-state index contributed by atoms with van der Waals surface area (Å²) in [6.07, 6.45) is 0.560. The highest BCUT2D eigenvalue weighted by molar-refractivity contribution is 6.00. The van der Waals surface area contributed by atoms with Crippen LogP contribution in [0.3, 0.4) is 0 Å². The summed E-state index contributed by atoms with van der Waals surface area (Å²) in [5.41, 5.74) is -1.12. The van der Waals surface area contributed by atoms with E-state index in [4.69, 9.17) is 0 Å². The number of hydrogen-bond donors (Lipinski definition) is 1. The molecule has 2 nitrogen and oxygen atoms in total. The molecule has 1 atom stereocenters. The zero-order valence-electron chi connectivity index (χ0n) is 9.32. The van der Waals surface area contributed by atoms with Gasteiger partial charge in [0.1, 0.15) is 0 Å². The summed E-state index contributed by atoms with van der Waals surface area (Å²) in [5, 5.41) is 3.00. The SMILES string of the molecule is CC1(C(=O)c2ccc(F)c(F)c2F)CCNC1. The number of carbonyl (C=O) groups is 1. The first-order valence-corrected chi connectivity index (χ1v) is 5.35. The van der Waals surface area contributed by atoms with E-state index in [0.717, 1.165) is 12.1 Å². The molecule has 1 aliphatic rings. The predicted octanol–water partition coefficient (Wildman–Crippen LogP) is 2.29. The standard InChI is InChI=1S/C12H12F3NO/c1-12(4-5-16-6-12)11(17)7-2-3-8(13)10(15)9(7)14/h2-3,16H,4-6H2,1H3. The van der Waals surface area contributed by atoms with Crippen molar-refractivity contribution in [1.82, 2.24) is 5.32 Å². The van der Waals surface area contributed by atoms with Crippen molar-refractivity contribution in [3.63, 3.8) is 0 Å². The van der Waals surface area contributed by atoms with Crippen LogP contribution >= 0.6 is 0 Å². The van der Waals surface area contributed by atoms with Gasteiger partial charge in [0.2, 0.25) is 0 Å². The summed E-state index contributed by atoms with van der Waals surface area (Å²) in [7, 11) is 0. The Hall–Kier alpha value is -1.36. The molecule has 1 heterocycles. The molecule has 0 saturated carbocycles. The minimum atomic E-state index is -1.59. The van der Waals surface area contributed by atoms with E-state index in [0.29, 0.717) is 19.5 Å². The summed E-state index contributed by atoms with van der Waals surface area (Å²) in [4.78, 5) is 12.1. The maximum absolute atomic E-state index is 13.5. The van der Waals surface area contributed by atoms with Crippen molar-refractivity contribution in [2.75, 3.05) is 13.1 Å². The second kappa shape index (κ2) is 4.14. The quantitative estimate of drug-likeness (QED) is 0.637. The smallest absolute Gasteiger partial charge is 0.195 e. The van der Waals surface area contributed by atoms with Crippen molar-refractivity contribution >= 4 is 5.78 Å². The van der Waals surface area contributed by atoms with E-state index in [1.54, 1.807) is 6.92 Å². The zero-order chi connectivity index (χ0) is 12.6. The van der Waals surface area contributed by atoms with Crippen LogP contribution in [0.5, 0.6) is 0 Å². The second-order valence-corrected chi connectivity index (χ2v) is 4.54. The van der Waals surface area contributed by atoms with Crippen molar-refractivity contribution in [3.8, 4) is 0 Å². The lowest BCUT2D eigenvalue weighted by atomic mass is 9.81. The van der Waals surface area contributed by atoms with Gasteiger partial charge < -0.3 is 5.32 Å². The van der Waals surface area contributed by atoms with Crippen LogP contribution in [0.4, 0.5) is 13.2 Å². The maximum Gasteiger partial charge on any atom is 0.195 e. The molecule has 0 radical (unpaired) electrons. The molecule has 1 fully saturated rings. The second-order valence-electron chi connectivity index (χ2n) is 4.54. The molecular formula is C12H12F3NO. The van der Waals surface area contributed by atoms with E-state index < -0.39 is 28.6 Å². The average molecular weight is 243 g/mol. The van der Waals surface area contributed by atoms with E-state index >= 15 is 0 Å². The van der Waals surface area contributed by atoms with Crippen molar-refractivity contribution in [2.24, 2.45) is 5.41 Å². The van der Waals surface area contributed by atoms with Crippen molar-refractivity contribution in [1.29, 1.82) is 0 Å². The molecule has 17 heavy (non-hydrogen) atoms. The van der Waals surface area contributed by atoms with Crippen LogP contribution in [0, 0.1) is 22.9 Å². The van der Waals surface area contributed by atoms with Crippen molar-refractivity contribution < 1.29 is 18.0 Å². The van der Waals surface area contributed by atoms with E-state index in [2.05, 4.69) is 5.32 Å². The molecule has 92 valence electrons. The van der Waals surface area contributed by atoms with E-state index in [-0.39, 0.29) is 5.56 Å². The highest BCUT2D eigenvalue weighted by atomic mass is 19.2. The van der Waals surface area contributed by atoms with Crippen LogP contribution in [0.1, 0.15) is 23.7 Å². The van der Waals surface area contributed by atoms with Gasteiger partial charge in [-0.2, -0.15) is 0 Å². The van der Waals surface area contributed by atoms with Gasteiger partial charge in [-0.25, -0.2) is 13.2 Å². The van der Waals surface area contributed by atoms with Crippen LogP contribution < -0.4 is 5.32 Å². The first-order valence-electron chi connectivity index (χ1n) is 5.35. The number of halogens is 3. The third-order valence-electron chi connectivity index (χ3n) is 3.20. The number of nitrogens with one attached hydrogen (secondary N) is 1. The fourth-order valence-corrected chi connectivity index (χ4v) is 2.04. The lowest BCUT2D eigenvalue weighted by molar-refractivity contribution is 0.0833. The molecule has 0 bridgehead atoms. The van der Waals surface area contributed by atoms with Gasteiger partial charge in [-0.1, -0.05) is 6.92 Å². The molecule has 2 rings (SSSR count). The highest BCUT2D eigenvalue weighted by Gasteiger charge is 2.38. The van der Waals surface area contributed by atoms with Gasteiger partial charge >= 0.3 is 0 Å². The maximum atomic E-state index is 13.5. The molecule has 1 aromatic rings. The molecule has 0 aromatic heterocycles. The summed E-state index contributed by atoms with van der Waals surface area (Å²) in [6, 6.07) is 1.77. The lowest BCUT2D eigenvalue weighted by Gasteiger charge is -2.21. The number of Topliss-reactive ketones (excluding diaryl/α,β-unsaturated/α-hetero) is 1. The molecule has 0 aliphatic carbocycles. The lowest BCUT2D eigenvalue weighted by Crippen LogP contribution is -2.31. The minimum absolute atomic E-state index is 0.380. The van der Waals surface area contributed by atoms with E-state index in [1.807, 2.05) is 0 Å². The zero-order valence-corrected chi connectivity index (χ0v) is 9.32. The largest absolute Gasteiger partial charge is 0.316 e. The predicted molar refractivity (Wildman–Crippen MR) is 56.2 cm³/mol. The fourth-order valence-electron chi connectivity index (χ4n) is 2.04. The highest BCUT2D eigenvalue weighted by Crippen LogP contribution is 2.30. The average Bonchev–Trinajstić information content (AvgIpc) is 2.74. The van der Waals surface area contributed by atoms with Crippen LogP contribution in [0.15, 0.2) is 12.1 Å². The topological polar surface area (TPSA) is 29.1 Å². The van der Waals surface area contributed by atoms with Gasteiger partial charge in [0, 0.05) is 12.0 Å². The molecule has 1 N–H and O–H groups in total. The van der Waals surface area contributed by atoms with Crippen molar-refractivity contribution in [2.45, 2.75) is 13.3 Å². The Labute approximate surface area is 96.8 Å². The Balaban J connectivity index is 2.41. The summed E-state index contributed by atoms with van der Waals surface area (Å²) in [6.45, 7) is 2.77. The van der Waals surface area contributed by atoms with Crippen LogP contribution in [-0.4, -0.2) is 18.9 Å². The van der Waals surface area contributed by atoms with Gasteiger partial charge in [0.15, 0.2) is 23.2 Å². The Morgan fingerprint density at radius 3 is 2.59 bits per heavy atom. The van der Waals surface area contributed by atoms with Gasteiger partial charge in [0.05, 0.1) is 5.56 Å². The summed E-state index contributed by atoms with van der Waals surface area (Å²) in [5.74, 6) is -4.76. The van der Waals surface area contributed by atoms with Gasteiger partial charge in [0.25, 0.3) is 0 Å².